The maximum absolute atomic E-state index is 6.09. The highest BCUT2D eigenvalue weighted by atomic mass is 16.5. The van der Waals surface area contributed by atoms with Gasteiger partial charge in [0, 0.05) is 40.3 Å². The van der Waals surface area contributed by atoms with Crippen molar-refractivity contribution in [3.05, 3.63) is 47.5 Å². The largest absolute Gasteiger partial charge is 0.373 e. The van der Waals surface area contributed by atoms with Crippen LogP contribution < -0.4 is 5.32 Å². The molecule has 8 nitrogen and oxygen atoms in total. The van der Waals surface area contributed by atoms with E-state index in [1.54, 1.807) is 0 Å². The van der Waals surface area contributed by atoms with Crippen molar-refractivity contribution in [2.45, 2.75) is 32.2 Å². The van der Waals surface area contributed by atoms with Gasteiger partial charge in [-0.3, -0.25) is 9.89 Å². The number of likely N-dealkylation sites (tertiary alicyclic amines) is 1. The number of hydrogen-bond acceptors (Lipinski definition) is 5. The van der Waals surface area contributed by atoms with E-state index in [0.29, 0.717) is 12.6 Å². The van der Waals surface area contributed by atoms with E-state index in [9.17, 15) is 0 Å². The number of hydrogen-bond donors (Lipinski definition) is 1. The van der Waals surface area contributed by atoms with E-state index in [4.69, 9.17) is 4.74 Å². The quantitative estimate of drug-likeness (QED) is 0.622. The van der Waals surface area contributed by atoms with Crippen LogP contribution in [0, 0.1) is 6.92 Å². The molecule has 0 amide bonds. The van der Waals surface area contributed by atoms with Gasteiger partial charge < -0.3 is 19.5 Å². The Bertz CT molecular complexity index is 819. The average Bonchev–Trinajstić information content (AvgIpc) is 3.28. The molecule has 0 aliphatic carbocycles. The Kier molecular flexibility index (Phi) is 5.59. The fourth-order valence-electron chi connectivity index (χ4n) is 4.04. The number of nitrogens with one attached hydrogen (secondary N) is 1. The molecular formula is C20H29N7O. The van der Waals surface area contributed by atoms with Crippen molar-refractivity contribution in [1.82, 2.24) is 29.9 Å². The summed E-state index contributed by atoms with van der Waals surface area (Å²) in [6.07, 6.45) is 0.216. The lowest BCUT2D eigenvalue weighted by molar-refractivity contribution is -0.0502. The monoisotopic (exact) mass is 383 g/mol. The van der Waals surface area contributed by atoms with Gasteiger partial charge >= 0.3 is 0 Å². The van der Waals surface area contributed by atoms with Gasteiger partial charge in [0.2, 0.25) is 0 Å². The Morgan fingerprint density at radius 2 is 2.07 bits per heavy atom. The Morgan fingerprint density at radius 1 is 1.25 bits per heavy atom. The molecule has 2 aliphatic rings. The molecule has 1 N–H and O–H groups in total. The first kappa shape index (κ1) is 18.9. The minimum atomic E-state index is 0.216. The van der Waals surface area contributed by atoms with Crippen LogP contribution in [0.15, 0.2) is 35.3 Å². The molecule has 2 aliphatic heterocycles. The number of aryl methyl sites for hydroxylation is 1. The van der Waals surface area contributed by atoms with E-state index in [2.05, 4.69) is 60.6 Å². The fourth-order valence-corrected chi connectivity index (χ4v) is 4.04. The summed E-state index contributed by atoms with van der Waals surface area (Å²) in [6, 6.07) is 11.0. The van der Waals surface area contributed by atoms with Crippen LogP contribution in [-0.4, -0.2) is 76.0 Å². The predicted octanol–water partition coefficient (Wildman–Crippen LogP) is 0.784. The summed E-state index contributed by atoms with van der Waals surface area (Å²) in [5.41, 5.74) is 1.35. The maximum Gasteiger partial charge on any atom is 0.194 e. The third-order valence-corrected chi connectivity index (χ3v) is 5.74. The molecule has 4 rings (SSSR count). The number of nitrogens with zero attached hydrogens (tertiary/aromatic N) is 6. The SMILES string of the molecule is CN=C(NCc1nnc(C)n1C)N1CC2OCCN(Cc3ccccc3)C2C1. The number of guanidine groups is 1. The van der Waals surface area contributed by atoms with E-state index in [1.807, 2.05) is 25.6 Å². The topological polar surface area (TPSA) is 70.8 Å². The van der Waals surface area contributed by atoms with Crippen molar-refractivity contribution in [3.63, 3.8) is 0 Å². The number of aromatic nitrogens is 3. The summed E-state index contributed by atoms with van der Waals surface area (Å²) in [4.78, 5) is 9.33. The highest BCUT2D eigenvalue weighted by molar-refractivity contribution is 5.80. The van der Waals surface area contributed by atoms with E-state index < -0.39 is 0 Å². The lowest BCUT2D eigenvalue weighted by Gasteiger charge is -2.36. The molecule has 3 heterocycles. The van der Waals surface area contributed by atoms with E-state index >= 15 is 0 Å². The lowest BCUT2D eigenvalue weighted by Crippen LogP contribution is -2.50. The van der Waals surface area contributed by atoms with Crippen LogP contribution >= 0.6 is 0 Å². The van der Waals surface area contributed by atoms with Gasteiger partial charge in [0.25, 0.3) is 0 Å². The second kappa shape index (κ2) is 8.28. The molecule has 0 bridgehead atoms. The molecule has 2 fully saturated rings. The van der Waals surface area contributed by atoms with Crippen molar-refractivity contribution < 1.29 is 4.74 Å². The van der Waals surface area contributed by atoms with Crippen molar-refractivity contribution in [2.75, 3.05) is 33.3 Å². The van der Waals surface area contributed by atoms with Gasteiger partial charge in [-0.1, -0.05) is 30.3 Å². The molecule has 2 saturated heterocycles. The van der Waals surface area contributed by atoms with Gasteiger partial charge in [-0.2, -0.15) is 0 Å². The first-order valence-electron chi connectivity index (χ1n) is 9.85. The van der Waals surface area contributed by atoms with Crippen LogP contribution in [0.5, 0.6) is 0 Å². The standard InChI is InChI=1S/C20H29N7O/c1-15-23-24-19(25(15)3)11-22-20(21-2)27-13-17-18(14-27)28-10-9-26(17)12-16-7-5-4-6-8-16/h4-8,17-18H,9-14H2,1-3H3,(H,21,22). The lowest BCUT2D eigenvalue weighted by atomic mass is 10.1. The van der Waals surface area contributed by atoms with Crippen LogP contribution in [-0.2, 0) is 24.9 Å². The van der Waals surface area contributed by atoms with Crippen LogP contribution in [0.3, 0.4) is 0 Å². The number of ether oxygens (including phenoxy) is 1. The molecule has 1 aromatic carbocycles. The van der Waals surface area contributed by atoms with Crippen LogP contribution in [0.4, 0.5) is 0 Å². The fraction of sp³-hybridized carbons (Fsp3) is 0.550. The molecule has 0 saturated carbocycles. The van der Waals surface area contributed by atoms with Crippen molar-refractivity contribution in [2.24, 2.45) is 12.0 Å². The van der Waals surface area contributed by atoms with E-state index in [1.165, 1.54) is 5.56 Å². The average molecular weight is 384 g/mol. The molecule has 2 atom stereocenters. The Balaban J connectivity index is 1.40. The van der Waals surface area contributed by atoms with Crippen molar-refractivity contribution in [1.29, 1.82) is 0 Å². The maximum atomic E-state index is 6.09. The predicted molar refractivity (Wildman–Crippen MR) is 108 cm³/mol. The van der Waals surface area contributed by atoms with Crippen LogP contribution in [0.1, 0.15) is 17.2 Å². The number of aliphatic imine (C=N–C) groups is 1. The summed E-state index contributed by atoms with van der Waals surface area (Å²) >= 11 is 0. The number of benzene rings is 1. The Hall–Kier alpha value is -2.45. The smallest absolute Gasteiger partial charge is 0.194 e. The zero-order valence-corrected chi connectivity index (χ0v) is 16.9. The molecular weight excluding hydrogens is 354 g/mol. The minimum absolute atomic E-state index is 0.216. The molecule has 2 unspecified atom stereocenters. The summed E-state index contributed by atoms with van der Waals surface area (Å²) < 4.78 is 8.08. The van der Waals surface area contributed by atoms with Gasteiger partial charge in [0.15, 0.2) is 11.8 Å². The van der Waals surface area contributed by atoms with Gasteiger partial charge in [0.05, 0.1) is 25.3 Å². The van der Waals surface area contributed by atoms with Crippen molar-refractivity contribution in [3.8, 4) is 0 Å². The molecule has 150 valence electrons. The number of morpholine rings is 1. The zero-order valence-electron chi connectivity index (χ0n) is 16.9. The van der Waals surface area contributed by atoms with Crippen molar-refractivity contribution >= 4 is 5.96 Å². The Morgan fingerprint density at radius 3 is 2.79 bits per heavy atom. The minimum Gasteiger partial charge on any atom is -0.373 e. The zero-order chi connectivity index (χ0) is 19.5. The first-order valence-corrected chi connectivity index (χ1v) is 9.85. The highest BCUT2D eigenvalue weighted by Crippen LogP contribution is 2.24. The third kappa shape index (κ3) is 3.88. The summed E-state index contributed by atoms with van der Waals surface area (Å²) in [7, 11) is 3.81. The van der Waals surface area contributed by atoms with Gasteiger partial charge in [-0.05, 0) is 12.5 Å². The van der Waals surface area contributed by atoms with Crippen LogP contribution in [0.2, 0.25) is 0 Å². The second-order valence-electron chi connectivity index (χ2n) is 7.46. The molecule has 1 aromatic heterocycles. The summed E-state index contributed by atoms with van der Waals surface area (Å²) in [6.45, 7) is 7.03. The van der Waals surface area contributed by atoms with E-state index in [0.717, 1.165) is 50.4 Å². The molecule has 8 heteroatoms. The molecule has 0 spiro atoms. The van der Waals surface area contributed by atoms with Crippen LogP contribution in [0.25, 0.3) is 0 Å². The van der Waals surface area contributed by atoms with Gasteiger partial charge in [0.1, 0.15) is 5.82 Å². The second-order valence-corrected chi connectivity index (χ2v) is 7.46. The third-order valence-electron chi connectivity index (χ3n) is 5.74. The van der Waals surface area contributed by atoms with E-state index in [-0.39, 0.29) is 6.10 Å². The molecule has 28 heavy (non-hydrogen) atoms. The van der Waals surface area contributed by atoms with Gasteiger partial charge in [-0.25, -0.2) is 0 Å². The number of fused-ring (bicyclic) bond motifs is 1. The highest BCUT2D eigenvalue weighted by Gasteiger charge is 2.41. The summed E-state index contributed by atoms with van der Waals surface area (Å²) in [5, 5.41) is 11.8. The first-order chi connectivity index (χ1) is 13.7. The summed E-state index contributed by atoms with van der Waals surface area (Å²) in [5.74, 6) is 2.69. The molecule has 0 radical (unpaired) electrons. The molecule has 2 aromatic rings. The number of rotatable bonds is 4. The normalized spacial score (nSPS) is 23.1. The Labute approximate surface area is 166 Å². The van der Waals surface area contributed by atoms with Gasteiger partial charge in [-0.15, -0.1) is 10.2 Å².